The van der Waals surface area contributed by atoms with E-state index in [4.69, 9.17) is 4.74 Å². The molecule has 1 saturated heterocycles. The molecule has 1 amide bonds. The van der Waals surface area contributed by atoms with Crippen molar-refractivity contribution in [3.05, 3.63) is 46.3 Å². The number of hydrogen-bond donors (Lipinski definition) is 0. The standard InChI is InChI=1S/C15H13F3N2O2S/c16-15(17,18)11-1-3-19-13(6-11)22-12-7-20(8-12)14(21)5-10-2-4-23-9-10/h1-4,6,9,12H,5,7-8H2. The lowest BCUT2D eigenvalue weighted by Gasteiger charge is -2.38. The highest BCUT2D eigenvalue weighted by atomic mass is 32.1. The fourth-order valence-corrected chi connectivity index (χ4v) is 2.89. The van der Waals surface area contributed by atoms with Crippen LogP contribution in [0.25, 0.3) is 0 Å². The fourth-order valence-electron chi connectivity index (χ4n) is 2.22. The van der Waals surface area contributed by atoms with Gasteiger partial charge in [-0.05, 0) is 28.5 Å². The summed E-state index contributed by atoms with van der Waals surface area (Å²) in [6, 6.07) is 3.66. The molecule has 0 N–H and O–H groups in total. The molecule has 8 heteroatoms. The van der Waals surface area contributed by atoms with Crippen molar-refractivity contribution >= 4 is 17.2 Å². The summed E-state index contributed by atoms with van der Waals surface area (Å²) in [4.78, 5) is 17.4. The van der Waals surface area contributed by atoms with Gasteiger partial charge in [0.15, 0.2) is 0 Å². The summed E-state index contributed by atoms with van der Waals surface area (Å²) in [5, 5.41) is 3.82. The number of hydrogen-bond acceptors (Lipinski definition) is 4. The summed E-state index contributed by atoms with van der Waals surface area (Å²) in [6.07, 6.45) is -3.35. The van der Waals surface area contributed by atoms with Crippen LogP contribution in [-0.2, 0) is 17.4 Å². The van der Waals surface area contributed by atoms with Crippen molar-refractivity contribution in [2.75, 3.05) is 13.1 Å². The normalized spacial score (nSPS) is 15.3. The Morgan fingerprint density at radius 1 is 1.39 bits per heavy atom. The Labute approximate surface area is 134 Å². The van der Waals surface area contributed by atoms with Gasteiger partial charge in [0, 0.05) is 12.3 Å². The highest BCUT2D eigenvalue weighted by molar-refractivity contribution is 7.07. The smallest absolute Gasteiger partial charge is 0.416 e. The minimum atomic E-state index is -4.43. The van der Waals surface area contributed by atoms with Gasteiger partial charge < -0.3 is 9.64 Å². The molecule has 3 heterocycles. The molecule has 3 rings (SSSR count). The summed E-state index contributed by atoms with van der Waals surface area (Å²) in [5.74, 6) is -0.0880. The summed E-state index contributed by atoms with van der Waals surface area (Å²) < 4.78 is 43.2. The van der Waals surface area contributed by atoms with Gasteiger partial charge in [0.2, 0.25) is 11.8 Å². The van der Waals surface area contributed by atoms with Crippen LogP contribution in [-0.4, -0.2) is 35.0 Å². The molecule has 0 aromatic carbocycles. The molecule has 1 aliphatic rings. The molecule has 2 aromatic rings. The SMILES string of the molecule is O=C(Cc1ccsc1)N1CC(Oc2cc(C(F)(F)F)ccn2)C1. The molecular weight excluding hydrogens is 329 g/mol. The highest BCUT2D eigenvalue weighted by Crippen LogP contribution is 2.31. The highest BCUT2D eigenvalue weighted by Gasteiger charge is 2.34. The lowest BCUT2D eigenvalue weighted by Crippen LogP contribution is -2.56. The van der Waals surface area contributed by atoms with Crippen molar-refractivity contribution in [3.63, 3.8) is 0 Å². The number of rotatable bonds is 4. The third-order valence-electron chi connectivity index (χ3n) is 3.49. The monoisotopic (exact) mass is 342 g/mol. The number of nitrogens with zero attached hydrogens (tertiary/aromatic N) is 2. The van der Waals surface area contributed by atoms with E-state index in [1.165, 1.54) is 11.3 Å². The fraction of sp³-hybridized carbons (Fsp3) is 0.333. The largest absolute Gasteiger partial charge is 0.471 e. The molecule has 23 heavy (non-hydrogen) atoms. The van der Waals surface area contributed by atoms with Crippen LogP contribution in [0.2, 0.25) is 0 Å². The third kappa shape index (κ3) is 3.82. The molecule has 0 atom stereocenters. The zero-order valence-electron chi connectivity index (χ0n) is 11.9. The molecule has 1 aliphatic heterocycles. The predicted octanol–water partition coefficient (Wildman–Crippen LogP) is 2.99. The van der Waals surface area contributed by atoms with Crippen LogP contribution >= 0.6 is 11.3 Å². The van der Waals surface area contributed by atoms with Crippen LogP contribution in [0, 0.1) is 0 Å². The van der Waals surface area contributed by atoms with Gasteiger partial charge >= 0.3 is 6.18 Å². The van der Waals surface area contributed by atoms with E-state index >= 15 is 0 Å². The van der Waals surface area contributed by atoms with Gasteiger partial charge in [-0.15, -0.1) is 0 Å². The Morgan fingerprint density at radius 3 is 2.83 bits per heavy atom. The Hall–Kier alpha value is -2.09. The first-order valence-corrected chi connectivity index (χ1v) is 7.85. The first kappa shape index (κ1) is 15.8. The van der Waals surface area contributed by atoms with Crippen LogP contribution in [0.3, 0.4) is 0 Å². The third-order valence-corrected chi connectivity index (χ3v) is 4.22. The number of alkyl halides is 3. The second kappa shape index (κ2) is 6.19. The number of amides is 1. The van der Waals surface area contributed by atoms with Gasteiger partial charge in [0.25, 0.3) is 0 Å². The van der Waals surface area contributed by atoms with E-state index in [1.807, 2.05) is 16.8 Å². The molecule has 0 aliphatic carbocycles. The quantitative estimate of drug-likeness (QED) is 0.858. The number of likely N-dealkylation sites (tertiary alicyclic amines) is 1. The lowest BCUT2D eigenvalue weighted by molar-refractivity contribution is -0.139. The number of aromatic nitrogens is 1. The zero-order chi connectivity index (χ0) is 16.4. The minimum Gasteiger partial charge on any atom is -0.471 e. The van der Waals surface area contributed by atoms with Crippen LogP contribution in [0.4, 0.5) is 13.2 Å². The van der Waals surface area contributed by atoms with Gasteiger partial charge in [-0.3, -0.25) is 4.79 Å². The summed E-state index contributed by atoms with van der Waals surface area (Å²) in [7, 11) is 0. The maximum Gasteiger partial charge on any atom is 0.416 e. The van der Waals surface area contributed by atoms with Crippen LogP contribution in [0.15, 0.2) is 35.2 Å². The zero-order valence-corrected chi connectivity index (χ0v) is 12.7. The molecule has 2 aromatic heterocycles. The van der Waals surface area contributed by atoms with Crippen LogP contribution in [0.5, 0.6) is 5.88 Å². The number of carbonyl (C=O) groups excluding carboxylic acids is 1. The molecule has 0 bridgehead atoms. The molecular formula is C15H13F3N2O2S. The average molecular weight is 342 g/mol. The van der Waals surface area contributed by atoms with E-state index in [9.17, 15) is 18.0 Å². The molecule has 0 spiro atoms. The average Bonchev–Trinajstić information content (AvgIpc) is 2.94. The Kier molecular flexibility index (Phi) is 4.25. The van der Waals surface area contributed by atoms with Crippen LogP contribution < -0.4 is 4.74 Å². The maximum absolute atomic E-state index is 12.6. The molecule has 0 unspecified atom stereocenters. The van der Waals surface area contributed by atoms with Gasteiger partial charge in [0.05, 0.1) is 25.1 Å². The van der Waals surface area contributed by atoms with E-state index in [1.54, 1.807) is 4.90 Å². The topological polar surface area (TPSA) is 42.4 Å². The van der Waals surface area contributed by atoms with Crippen molar-refractivity contribution in [2.24, 2.45) is 0 Å². The second-order valence-electron chi connectivity index (χ2n) is 5.23. The molecule has 0 radical (unpaired) electrons. The van der Waals surface area contributed by atoms with E-state index in [0.29, 0.717) is 19.5 Å². The summed E-state index contributed by atoms with van der Waals surface area (Å²) in [6.45, 7) is 0.724. The van der Waals surface area contributed by atoms with Crippen LogP contribution in [0.1, 0.15) is 11.1 Å². The lowest BCUT2D eigenvalue weighted by atomic mass is 10.1. The molecule has 0 saturated carbocycles. The van der Waals surface area contributed by atoms with Gasteiger partial charge in [-0.1, -0.05) is 0 Å². The summed E-state index contributed by atoms with van der Waals surface area (Å²) in [5.41, 5.74) is 0.163. The van der Waals surface area contributed by atoms with Crippen molar-refractivity contribution < 1.29 is 22.7 Å². The number of carbonyl (C=O) groups is 1. The second-order valence-corrected chi connectivity index (χ2v) is 6.01. The van der Waals surface area contributed by atoms with E-state index in [-0.39, 0.29) is 17.9 Å². The van der Waals surface area contributed by atoms with Crippen molar-refractivity contribution in [1.82, 2.24) is 9.88 Å². The Morgan fingerprint density at radius 2 is 2.17 bits per heavy atom. The first-order chi connectivity index (χ1) is 10.9. The van der Waals surface area contributed by atoms with E-state index in [0.717, 1.165) is 23.9 Å². The van der Waals surface area contributed by atoms with E-state index < -0.39 is 11.7 Å². The Balaban J connectivity index is 1.51. The summed E-state index contributed by atoms with van der Waals surface area (Å²) >= 11 is 1.53. The van der Waals surface area contributed by atoms with Crippen molar-refractivity contribution in [3.8, 4) is 5.88 Å². The number of halogens is 3. The minimum absolute atomic E-state index is 0.0137. The van der Waals surface area contributed by atoms with Gasteiger partial charge in [-0.25, -0.2) is 4.98 Å². The molecule has 1 fully saturated rings. The van der Waals surface area contributed by atoms with Gasteiger partial charge in [0.1, 0.15) is 6.10 Å². The first-order valence-electron chi connectivity index (χ1n) is 6.90. The number of thiophene rings is 1. The Bertz CT molecular complexity index is 682. The van der Waals surface area contributed by atoms with Gasteiger partial charge in [-0.2, -0.15) is 24.5 Å². The molecule has 122 valence electrons. The number of ether oxygens (including phenoxy) is 1. The van der Waals surface area contributed by atoms with Crippen molar-refractivity contribution in [2.45, 2.75) is 18.7 Å². The number of pyridine rings is 1. The van der Waals surface area contributed by atoms with Crippen molar-refractivity contribution in [1.29, 1.82) is 0 Å². The molecule has 4 nitrogen and oxygen atoms in total. The predicted molar refractivity (Wildman–Crippen MR) is 78.3 cm³/mol. The van der Waals surface area contributed by atoms with E-state index in [2.05, 4.69) is 4.98 Å². The maximum atomic E-state index is 12.6.